The number of carbonyl (C=O) groups is 1. The molecule has 0 unspecified atom stereocenters. The van der Waals surface area contributed by atoms with Crippen LogP contribution >= 0.6 is 0 Å². The van der Waals surface area contributed by atoms with E-state index in [9.17, 15) is 4.79 Å². The highest BCUT2D eigenvalue weighted by Crippen LogP contribution is 2.09. The van der Waals surface area contributed by atoms with Crippen molar-refractivity contribution in [3.8, 4) is 0 Å². The molecular weight excluding hydrogens is 156 g/mol. The maximum atomic E-state index is 11.1. The van der Waals surface area contributed by atoms with E-state index in [-0.39, 0.29) is 5.91 Å². The first kappa shape index (κ1) is 8.58. The second-order valence-corrected chi connectivity index (χ2v) is 2.34. The van der Waals surface area contributed by atoms with Crippen LogP contribution in [-0.4, -0.2) is 22.7 Å². The SMILES string of the molecule is CCn1ncc(C(=O)NC)c1N. The van der Waals surface area contributed by atoms with Gasteiger partial charge in [0.05, 0.1) is 6.20 Å². The van der Waals surface area contributed by atoms with Crippen molar-refractivity contribution >= 4 is 11.7 Å². The molecule has 1 aromatic rings. The van der Waals surface area contributed by atoms with E-state index in [1.165, 1.54) is 6.20 Å². The summed E-state index contributed by atoms with van der Waals surface area (Å²) in [6, 6.07) is 0. The third kappa shape index (κ3) is 1.25. The quantitative estimate of drug-likeness (QED) is 0.644. The summed E-state index contributed by atoms with van der Waals surface area (Å²) in [5.41, 5.74) is 6.06. The molecule has 0 atom stereocenters. The predicted octanol–water partition coefficient (Wildman–Crippen LogP) is -0.155. The molecule has 0 aromatic carbocycles. The van der Waals surface area contributed by atoms with Gasteiger partial charge in [-0.2, -0.15) is 5.10 Å². The molecule has 0 aliphatic rings. The molecule has 1 amide bonds. The minimum atomic E-state index is -0.202. The minimum Gasteiger partial charge on any atom is -0.383 e. The van der Waals surface area contributed by atoms with Crippen molar-refractivity contribution in [3.63, 3.8) is 0 Å². The van der Waals surface area contributed by atoms with Gasteiger partial charge in [-0.15, -0.1) is 0 Å². The molecule has 1 rings (SSSR count). The number of hydrogen-bond acceptors (Lipinski definition) is 3. The Balaban J connectivity index is 3.02. The van der Waals surface area contributed by atoms with Gasteiger partial charge < -0.3 is 11.1 Å². The lowest BCUT2D eigenvalue weighted by atomic mass is 10.3. The highest BCUT2D eigenvalue weighted by Gasteiger charge is 2.11. The molecule has 0 fully saturated rings. The standard InChI is InChI=1S/C7H12N4O/c1-3-11-6(8)5(4-10-11)7(12)9-2/h4H,3,8H2,1-2H3,(H,9,12). The number of aromatic nitrogens is 2. The topological polar surface area (TPSA) is 72.9 Å². The first-order valence-corrected chi connectivity index (χ1v) is 3.74. The Bertz CT molecular complexity index is 292. The summed E-state index contributed by atoms with van der Waals surface area (Å²) in [6.07, 6.45) is 1.47. The van der Waals surface area contributed by atoms with Crippen LogP contribution in [0.1, 0.15) is 17.3 Å². The summed E-state index contributed by atoms with van der Waals surface area (Å²) in [4.78, 5) is 11.1. The second-order valence-electron chi connectivity index (χ2n) is 2.34. The number of nitrogen functional groups attached to an aromatic ring is 1. The van der Waals surface area contributed by atoms with E-state index in [1.807, 2.05) is 6.92 Å². The molecule has 1 heterocycles. The van der Waals surface area contributed by atoms with Gasteiger partial charge in [0.2, 0.25) is 0 Å². The summed E-state index contributed by atoms with van der Waals surface area (Å²) in [6.45, 7) is 2.58. The summed E-state index contributed by atoms with van der Waals surface area (Å²) in [5.74, 6) is 0.212. The van der Waals surface area contributed by atoms with Gasteiger partial charge in [-0.25, -0.2) is 4.68 Å². The number of nitrogens with two attached hydrogens (primary N) is 1. The molecule has 0 radical (unpaired) electrons. The number of aryl methyl sites for hydroxylation is 1. The largest absolute Gasteiger partial charge is 0.383 e. The first-order valence-electron chi connectivity index (χ1n) is 3.74. The monoisotopic (exact) mass is 168 g/mol. The predicted molar refractivity (Wildman–Crippen MR) is 45.7 cm³/mol. The Morgan fingerprint density at radius 1 is 1.83 bits per heavy atom. The Labute approximate surface area is 70.5 Å². The zero-order valence-corrected chi connectivity index (χ0v) is 7.16. The number of amides is 1. The van der Waals surface area contributed by atoms with Crippen LogP contribution in [0.2, 0.25) is 0 Å². The third-order valence-electron chi connectivity index (χ3n) is 1.65. The van der Waals surface area contributed by atoms with Gasteiger partial charge in [0.25, 0.3) is 5.91 Å². The average molecular weight is 168 g/mol. The molecule has 0 aliphatic carbocycles. The Kier molecular flexibility index (Phi) is 2.32. The van der Waals surface area contributed by atoms with Gasteiger partial charge >= 0.3 is 0 Å². The van der Waals surface area contributed by atoms with Crippen molar-refractivity contribution in [2.45, 2.75) is 13.5 Å². The molecular formula is C7H12N4O. The summed E-state index contributed by atoms with van der Waals surface area (Å²) < 4.78 is 1.57. The normalized spacial score (nSPS) is 9.83. The molecule has 5 nitrogen and oxygen atoms in total. The number of nitrogens with zero attached hydrogens (tertiary/aromatic N) is 2. The molecule has 1 aromatic heterocycles. The van der Waals surface area contributed by atoms with Crippen molar-refractivity contribution in [2.75, 3.05) is 12.8 Å². The molecule has 12 heavy (non-hydrogen) atoms. The second kappa shape index (κ2) is 3.25. The van der Waals surface area contributed by atoms with E-state index in [0.717, 1.165) is 0 Å². The van der Waals surface area contributed by atoms with Gasteiger partial charge in [-0.05, 0) is 6.92 Å². The van der Waals surface area contributed by atoms with Crippen LogP contribution in [0.15, 0.2) is 6.20 Å². The highest BCUT2D eigenvalue weighted by molar-refractivity contribution is 5.97. The summed E-state index contributed by atoms with van der Waals surface area (Å²) in [5, 5.41) is 6.42. The van der Waals surface area contributed by atoms with Crippen LogP contribution in [0.5, 0.6) is 0 Å². The van der Waals surface area contributed by atoms with E-state index >= 15 is 0 Å². The van der Waals surface area contributed by atoms with Gasteiger partial charge in [0.15, 0.2) is 0 Å². The van der Waals surface area contributed by atoms with E-state index < -0.39 is 0 Å². The lowest BCUT2D eigenvalue weighted by Gasteiger charge is -2.00. The maximum Gasteiger partial charge on any atom is 0.256 e. The summed E-state index contributed by atoms with van der Waals surface area (Å²) in [7, 11) is 1.56. The molecule has 66 valence electrons. The van der Waals surface area contributed by atoms with Crippen LogP contribution in [0.3, 0.4) is 0 Å². The zero-order chi connectivity index (χ0) is 9.14. The fourth-order valence-electron chi connectivity index (χ4n) is 0.956. The molecule has 0 aliphatic heterocycles. The van der Waals surface area contributed by atoms with Gasteiger partial charge in [0.1, 0.15) is 11.4 Å². The Hall–Kier alpha value is -1.52. The smallest absolute Gasteiger partial charge is 0.256 e. The third-order valence-corrected chi connectivity index (χ3v) is 1.65. The molecule has 0 spiro atoms. The molecule has 3 N–H and O–H groups in total. The maximum absolute atomic E-state index is 11.1. The van der Waals surface area contributed by atoms with E-state index in [4.69, 9.17) is 5.73 Å². The van der Waals surface area contributed by atoms with Crippen LogP contribution in [0, 0.1) is 0 Å². The fourth-order valence-corrected chi connectivity index (χ4v) is 0.956. The van der Waals surface area contributed by atoms with Crippen molar-refractivity contribution < 1.29 is 4.79 Å². The number of carbonyl (C=O) groups excluding carboxylic acids is 1. The lowest BCUT2D eigenvalue weighted by Crippen LogP contribution is -2.19. The Morgan fingerprint density at radius 3 is 2.92 bits per heavy atom. The molecule has 0 saturated heterocycles. The summed E-state index contributed by atoms with van der Waals surface area (Å²) >= 11 is 0. The van der Waals surface area contributed by atoms with Gasteiger partial charge in [0, 0.05) is 13.6 Å². The van der Waals surface area contributed by atoms with Crippen LogP contribution < -0.4 is 11.1 Å². The molecule has 5 heteroatoms. The highest BCUT2D eigenvalue weighted by atomic mass is 16.1. The van der Waals surface area contributed by atoms with Crippen LogP contribution in [-0.2, 0) is 6.54 Å². The molecule has 0 bridgehead atoms. The average Bonchev–Trinajstić information content (AvgIpc) is 2.45. The van der Waals surface area contributed by atoms with Crippen LogP contribution in [0.4, 0.5) is 5.82 Å². The van der Waals surface area contributed by atoms with Crippen molar-refractivity contribution in [2.24, 2.45) is 0 Å². The van der Waals surface area contributed by atoms with Gasteiger partial charge in [-0.3, -0.25) is 4.79 Å². The van der Waals surface area contributed by atoms with Crippen molar-refractivity contribution in [1.29, 1.82) is 0 Å². The van der Waals surface area contributed by atoms with Crippen molar-refractivity contribution in [1.82, 2.24) is 15.1 Å². The van der Waals surface area contributed by atoms with E-state index in [2.05, 4.69) is 10.4 Å². The Morgan fingerprint density at radius 2 is 2.50 bits per heavy atom. The fraction of sp³-hybridized carbons (Fsp3) is 0.429. The van der Waals surface area contributed by atoms with Crippen molar-refractivity contribution in [3.05, 3.63) is 11.8 Å². The van der Waals surface area contributed by atoms with Crippen LogP contribution in [0.25, 0.3) is 0 Å². The number of anilines is 1. The molecule has 0 saturated carbocycles. The van der Waals surface area contributed by atoms with Gasteiger partial charge in [-0.1, -0.05) is 0 Å². The number of nitrogens with one attached hydrogen (secondary N) is 1. The lowest BCUT2D eigenvalue weighted by molar-refractivity contribution is 0.0964. The zero-order valence-electron chi connectivity index (χ0n) is 7.16. The number of rotatable bonds is 2. The minimum absolute atomic E-state index is 0.202. The first-order chi connectivity index (χ1) is 5.70. The van der Waals surface area contributed by atoms with E-state index in [0.29, 0.717) is 17.9 Å². The van der Waals surface area contributed by atoms with E-state index in [1.54, 1.807) is 11.7 Å². The number of hydrogen-bond donors (Lipinski definition) is 2.